The number of rotatable bonds is 2. The van der Waals surface area contributed by atoms with E-state index < -0.39 is 5.97 Å². The van der Waals surface area contributed by atoms with Gasteiger partial charge in [-0.15, -0.1) is 0 Å². The first kappa shape index (κ1) is 38.2. The van der Waals surface area contributed by atoms with Gasteiger partial charge in [-0.2, -0.15) is 0 Å². The van der Waals surface area contributed by atoms with Crippen molar-refractivity contribution in [3.8, 4) is 0 Å². The summed E-state index contributed by atoms with van der Waals surface area (Å²) in [6.07, 6.45) is 14.0. The van der Waals surface area contributed by atoms with E-state index >= 15 is 0 Å². The molecule has 3 heterocycles. The van der Waals surface area contributed by atoms with Crippen molar-refractivity contribution in [2.24, 2.45) is 0 Å². The number of Topliss-reactive ketones (excluding diaryl/α,β-unsaturated/α-hetero) is 1. The summed E-state index contributed by atoms with van der Waals surface area (Å²) in [6.45, 7) is 9.09. The number of allylic oxidation sites excluding steroid dienone is 3. The van der Waals surface area contributed by atoms with Crippen molar-refractivity contribution >= 4 is 62.8 Å². The molecule has 0 unspecified atom stereocenters. The summed E-state index contributed by atoms with van der Waals surface area (Å²) in [5.74, 6) is -0.846. The smallest absolute Gasteiger partial charge is 0.870 e. The van der Waals surface area contributed by atoms with Crippen molar-refractivity contribution in [3.05, 3.63) is 103 Å². The van der Waals surface area contributed by atoms with Crippen LogP contribution in [-0.2, 0) is 24.1 Å². The van der Waals surface area contributed by atoms with Crippen molar-refractivity contribution in [1.82, 2.24) is 15.0 Å². The Bertz CT molecular complexity index is 1530. The Morgan fingerprint density at radius 3 is 1.47 bits per heavy atom. The fourth-order valence-electron chi connectivity index (χ4n) is 4.37. The van der Waals surface area contributed by atoms with Gasteiger partial charge in [-0.1, -0.05) is 34.9 Å². The Morgan fingerprint density at radius 2 is 1.07 bits per heavy atom. The van der Waals surface area contributed by atoms with Crippen LogP contribution in [0.2, 0.25) is 0 Å². The van der Waals surface area contributed by atoms with Crippen molar-refractivity contribution in [2.45, 2.75) is 53.9 Å². The molecule has 3 aromatic heterocycles. The molecule has 0 saturated carbocycles. The number of ketones is 1. The molecule has 0 fully saturated rings. The minimum absolute atomic E-state index is 0. The molecule has 0 bridgehead atoms. The second-order valence-electron chi connectivity index (χ2n) is 10.0. The predicted molar refractivity (Wildman–Crippen MR) is 168 cm³/mol. The zero-order valence-corrected chi connectivity index (χ0v) is 29.4. The van der Waals surface area contributed by atoms with E-state index in [1.54, 1.807) is 19.2 Å². The van der Waals surface area contributed by atoms with E-state index in [0.29, 0.717) is 5.56 Å². The number of halogens is 2. The van der Waals surface area contributed by atoms with Crippen LogP contribution in [0.1, 0.15) is 89.1 Å². The Labute approximate surface area is 287 Å². The SMILES string of the molecule is CC(=O)Cl.CC(=O)c1cnc2c(c1)C=C(C)C2.CC1=Cc2cc(Br)cnc2C1.CC1=Cc2cc(C(=O)O)cnc2C1.[Na+].[OH-]. The number of aromatic nitrogens is 3. The van der Waals surface area contributed by atoms with Gasteiger partial charge < -0.3 is 10.6 Å². The molecule has 0 aliphatic heterocycles. The summed E-state index contributed by atoms with van der Waals surface area (Å²) in [7, 11) is 0. The molecule has 220 valence electrons. The number of pyridine rings is 3. The Kier molecular flexibility index (Phi) is 15.6. The molecule has 0 atom stereocenters. The number of hydrogen-bond acceptors (Lipinski definition) is 7. The number of carboxylic acids is 1. The predicted octanol–water partition coefficient (Wildman–Crippen LogP) is 4.39. The molecular weight excluding hydrogens is 645 g/mol. The maximum Gasteiger partial charge on any atom is 1.00 e. The van der Waals surface area contributed by atoms with Crippen molar-refractivity contribution in [1.29, 1.82) is 0 Å². The topological polar surface area (TPSA) is 140 Å². The van der Waals surface area contributed by atoms with Gasteiger partial charge in [0, 0.05) is 54.8 Å². The minimum Gasteiger partial charge on any atom is -0.870 e. The molecular formula is C32H32BrClN3NaO5. The minimum atomic E-state index is -0.923. The molecule has 3 aliphatic rings. The van der Waals surface area contributed by atoms with Crippen LogP contribution in [0, 0.1) is 0 Å². The number of nitrogens with zero attached hydrogens (tertiary/aromatic N) is 3. The number of fused-ring (bicyclic) bond motifs is 3. The average Bonchev–Trinajstić information content (AvgIpc) is 3.56. The maximum atomic E-state index is 11.1. The Hall–Kier alpha value is -2.79. The molecule has 0 radical (unpaired) electrons. The molecule has 0 aromatic carbocycles. The van der Waals surface area contributed by atoms with E-state index in [4.69, 9.17) is 5.11 Å². The first-order chi connectivity index (χ1) is 19.3. The summed E-state index contributed by atoms with van der Waals surface area (Å²) >= 11 is 8.03. The average molecular weight is 677 g/mol. The first-order valence-electron chi connectivity index (χ1n) is 12.9. The standard InChI is InChI=1S/C11H11NO.C10H9NO2.C9H8BrN.C2H3ClO.Na.H2O/c1-7-3-9-5-10(8(2)13)6-12-11(9)4-7;1-6-2-7-4-8(10(12)13)5-11-9(7)3-6;1-6-2-7-4-8(10)5-11-9(7)3-6;1-2(3)4;;/h3,5-6H,4H2,1-2H3;2,4-5H,3H2,1H3,(H,12,13);2,4-5H,3H2,1H3;1H3;;1H2/q;;;;+1;/p-1. The van der Waals surface area contributed by atoms with E-state index in [1.165, 1.54) is 41.1 Å². The fourth-order valence-corrected chi connectivity index (χ4v) is 4.72. The van der Waals surface area contributed by atoms with E-state index in [-0.39, 0.29) is 51.6 Å². The summed E-state index contributed by atoms with van der Waals surface area (Å²) in [5.41, 5.74) is 11.4. The zero-order chi connectivity index (χ0) is 30.3. The van der Waals surface area contributed by atoms with Crippen LogP contribution in [0.15, 0.2) is 58.0 Å². The molecule has 8 nitrogen and oxygen atoms in total. The summed E-state index contributed by atoms with van der Waals surface area (Å²) < 4.78 is 1.06. The number of carboxylic acid groups (broad SMARTS) is 1. The second-order valence-corrected chi connectivity index (χ2v) is 11.5. The fraction of sp³-hybridized carbons (Fsp3) is 0.250. The third-order valence-electron chi connectivity index (χ3n) is 6.18. The molecule has 3 aromatic rings. The van der Waals surface area contributed by atoms with Gasteiger partial charge in [0.25, 0.3) is 0 Å². The normalized spacial score (nSPS) is 12.7. The van der Waals surface area contributed by atoms with Crippen molar-refractivity contribution < 1.29 is 54.5 Å². The van der Waals surface area contributed by atoms with Gasteiger partial charge in [-0.3, -0.25) is 24.5 Å². The third-order valence-corrected chi connectivity index (χ3v) is 6.61. The van der Waals surface area contributed by atoms with E-state index in [2.05, 4.69) is 74.5 Å². The number of carbonyl (C=O) groups excluding carboxylic acids is 2. The van der Waals surface area contributed by atoms with Gasteiger partial charge in [-0.25, -0.2) is 4.79 Å². The van der Waals surface area contributed by atoms with Crippen molar-refractivity contribution in [3.63, 3.8) is 0 Å². The van der Waals surface area contributed by atoms with Gasteiger partial charge in [0.15, 0.2) is 5.78 Å². The van der Waals surface area contributed by atoms with E-state index in [9.17, 15) is 14.4 Å². The monoisotopic (exact) mass is 675 g/mol. The van der Waals surface area contributed by atoms with Gasteiger partial charge in [0.2, 0.25) is 5.24 Å². The molecule has 6 rings (SSSR count). The molecule has 0 amide bonds. The first-order valence-corrected chi connectivity index (χ1v) is 14.0. The largest absolute Gasteiger partial charge is 1.00 e. The second kappa shape index (κ2) is 17.5. The number of hydrogen-bond donors (Lipinski definition) is 1. The summed E-state index contributed by atoms with van der Waals surface area (Å²) in [6, 6.07) is 5.70. The molecule has 2 N–H and O–H groups in total. The maximum absolute atomic E-state index is 11.1. The van der Waals surface area contributed by atoms with Gasteiger partial charge in [0.1, 0.15) is 0 Å². The molecule has 0 saturated heterocycles. The van der Waals surface area contributed by atoms with Gasteiger partial charge in [0.05, 0.1) is 22.6 Å². The Balaban J connectivity index is 0.000000298. The van der Waals surface area contributed by atoms with E-state index in [0.717, 1.165) is 46.2 Å². The van der Waals surface area contributed by atoms with Crippen LogP contribution in [-0.4, -0.2) is 42.5 Å². The molecule has 3 aliphatic carbocycles. The van der Waals surface area contributed by atoms with Crippen molar-refractivity contribution in [2.75, 3.05) is 0 Å². The van der Waals surface area contributed by atoms with Crippen LogP contribution in [0.3, 0.4) is 0 Å². The van der Waals surface area contributed by atoms with Crippen LogP contribution in [0.25, 0.3) is 18.2 Å². The van der Waals surface area contributed by atoms with Crippen LogP contribution < -0.4 is 29.6 Å². The van der Waals surface area contributed by atoms with Crippen LogP contribution >= 0.6 is 27.5 Å². The molecule has 11 heteroatoms. The third kappa shape index (κ3) is 11.7. The van der Waals surface area contributed by atoms with Crippen LogP contribution in [0.4, 0.5) is 0 Å². The quantitative estimate of drug-likeness (QED) is 0.240. The van der Waals surface area contributed by atoms with Gasteiger partial charge in [-0.05, 0) is 90.1 Å². The summed E-state index contributed by atoms with van der Waals surface area (Å²) in [4.78, 5) is 43.6. The summed E-state index contributed by atoms with van der Waals surface area (Å²) in [5, 5.41) is 8.36. The van der Waals surface area contributed by atoms with Crippen LogP contribution in [0.5, 0.6) is 0 Å². The molecule has 0 spiro atoms. The zero-order valence-electron chi connectivity index (χ0n) is 25.0. The Morgan fingerprint density at radius 1 is 0.721 bits per heavy atom. The van der Waals surface area contributed by atoms with Gasteiger partial charge >= 0.3 is 35.5 Å². The van der Waals surface area contributed by atoms with E-state index in [1.807, 2.05) is 25.3 Å². The molecule has 43 heavy (non-hydrogen) atoms. The number of carbonyl (C=O) groups is 3. The number of aromatic carboxylic acids is 1.